The third-order valence-corrected chi connectivity index (χ3v) is 2.53. The summed E-state index contributed by atoms with van der Waals surface area (Å²) in [6.07, 6.45) is 0.168. The molecule has 118 valence electrons. The summed E-state index contributed by atoms with van der Waals surface area (Å²) in [6.45, 7) is 2.25. The fraction of sp³-hybridized carbons (Fsp3) is 0.429. The number of esters is 1. The van der Waals surface area contributed by atoms with Crippen LogP contribution in [-0.2, 0) is 25.5 Å². The van der Waals surface area contributed by atoms with Gasteiger partial charge in [-0.25, -0.2) is 0 Å². The number of anilines is 1. The first kappa shape index (κ1) is 19.4. The number of nitrogens with two attached hydrogens (primary N) is 1. The molecule has 0 aliphatic rings. The minimum atomic E-state index is -0.728. The molecule has 1 amide bonds. The SMILES string of the molecule is CCOC(=O)Cc1cccc(NC(=O)C(N)COC)c1.Cl. The average molecular weight is 317 g/mol. The number of carbonyl (C=O) groups is 2. The van der Waals surface area contributed by atoms with Crippen molar-refractivity contribution in [3.05, 3.63) is 29.8 Å². The van der Waals surface area contributed by atoms with Crippen LogP contribution in [0.15, 0.2) is 24.3 Å². The minimum Gasteiger partial charge on any atom is -0.466 e. The zero-order valence-electron chi connectivity index (χ0n) is 12.1. The standard InChI is InChI=1S/C14H20N2O4.ClH/c1-3-20-13(17)8-10-5-4-6-11(7-10)16-14(18)12(15)9-19-2;/h4-7,12H,3,8-9,15H2,1-2H3,(H,16,18);1H. The van der Waals surface area contributed by atoms with E-state index in [0.717, 1.165) is 5.56 Å². The first-order chi connectivity index (χ1) is 9.56. The van der Waals surface area contributed by atoms with E-state index < -0.39 is 6.04 Å². The van der Waals surface area contributed by atoms with E-state index in [0.29, 0.717) is 12.3 Å². The number of amides is 1. The molecular weight excluding hydrogens is 296 g/mol. The molecule has 3 N–H and O–H groups in total. The first-order valence-electron chi connectivity index (χ1n) is 6.36. The number of methoxy groups -OCH3 is 1. The zero-order valence-corrected chi connectivity index (χ0v) is 12.9. The van der Waals surface area contributed by atoms with Crippen molar-refractivity contribution in [2.24, 2.45) is 5.73 Å². The largest absolute Gasteiger partial charge is 0.466 e. The van der Waals surface area contributed by atoms with Crippen molar-refractivity contribution in [3.63, 3.8) is 0 Å². The fourth-order valence-corrected chi connectivity index (χ4v) is 1.63. The summed E-state index contributed by atoms with van der Waals surface area (Å²) in [4.78, 5) is 23.1. The number of hydrogen-bond acceptors (Lipinski definition) is 5. The second-order valence-corrected chi connectivity index (χ2v) is 4.23. The van der Waals surface area contributed by atoms with Gasteiger partial charge in [-0.15, -0.1) is 12.4 Å². The topological polar surface area (TPSA) is 90.7 Å². The van der Waals surface area contributed by atoms with Gasteiger partial charge in [0.05, 0.1) is 19.6 Å². The molecule has 1 atom stereocenters. The molecule has 0 saturated heterocycles. The van der Waals surface area contributed by atoms with E-state index in [1.165, 1.54) is 7.11 Å². The maximum atomic E-state index is 11.7. The van der Waals surface area contributed by atoms with Crippen LogP contribution >= 0.6 is 12.4 Å². The van der Waals surface area contributed by atoms with Crippen LogP contribution in [0.2, 0.25) is 0 Å². The Morgan fingerprint density at radius 1 is 1.38 bits per heavy atom. The predicted molar refractivity (Wildman–Crippen MR) is 82.5 cm³/mol. The van der Waals surface area contributed by atoms with E-state index in [1.54, 1.807) is 31.2 Å². The van der Waals surface area contributed by atoms with E-state index >= 15 is 0 Å². The predicted octanol–water partition coefficient (Wildman–Crippen LogP) is 1.13. The summed E-state index contributed by atoms with van der Waals surface area (Å²) in [5.41, 5.74) is 6.97. The number of halogens is 1. The summed E-state index contributed by atoms with van der Waals surface area (Å²) in [5, 5.41) is 2.68. The molecule has 21 heavy (non-hydrogen) atoms. The van der Waals surface area contributed by atoms with Crippen molar-refractivity contribution >= 4 is 30.0 Å². The van der Waals surface area contributed by atoms with Gasteiger partial charge in [-0.1, -0.05) is 12.1 Å². The Balaban J connectivity index is 0.00000400. The van der Waals surface area contributed by atoms with Crippen LogP contribution in [0.25, 0.3) is 0 Å². The summed E-state index contributed by atoms with van der Waals surface area (Å²) in [7, 11) is 1.48. The smallest absolute Gasteiger partial charge is 0.310 e. The molecule has 7 heteroatoms. The van der Waals surface area contributed by atoms with Crippen LogP contribution in [0, 0.1) is 0 Å². The summed E-state index contributed by atoms with van der Waals surface area (Å²) in [6, 6.07) is 6.27. The second-order valence-electron chi connectivity index (χ2n) is 4.23. The lowest BCUT2D eigenvalue weighted by Crippen LogP contribution is -2.39. The van der Waals surface area contributed by atoms with Crippen LogP contribution in [0.3, 0.4) is 0 Å². The minimum absolute atomic E-state index is 0. The van der Waals surface area contributed by atoms with Gasteiger partial charge in [0.25, 0.3) is 0 Å². The van der Waals surface area contributed by atoms with Gasteiger partial charge < -0.3 is 20.5 Å². The van der Waals surface area contributed by atoms with Gasteiger partial charge in [-0.05, 0) is 24.6 Å². The van der Waals surface area contributed by atoms with Crippen molar-refractivity contribution in [3.8, 4) is 0 Å². The molecule has 0 bridgehead atoms. The summed E-state index contributed by atoms with van der Waals surface area (Å²) in [5.74, 6) is -0.632. The Bertz CT molecular complexity index is 468. The lowest BCUT2D eigenvalue weighted by molar-refractivity contribution is -0.142. The Morgan fingerprint density at radius 3 is 2.71 bits per heavy atom. The van der Waals surface area contributed by atoms with Crippen LogP contribution in [-0.4, -0.2) is 38.2 Å². The highest BCUT2D eigenvalue weighted by Crippen LogP contribution is 2.12. The molecule has 0 saturated carbocycles. The lowest BCUT2D eigenvalue weighted by Gasteiger charge is -2.12. The molecule has 0 heterocycles. The highest BCUT2D eigenvalue weighted by Gasteiger charge is 2.13. The van der Waals surface area contributed by atoms with Crippen LogP contribution in [0.1, 0.15) is 12.5 Å². The number of benzene rings is 1. The van der Waals surface area contributed by atoms with Crippen molar-refractivity contribution in [1.29, 1.82) is 0 Å². The maximum Gasteiger partial charge on any atom is 0.310 e. The van der Waals surface area contributed by atoms with E-state index in [4.69, 9.17) is 15.2 Å². The lowest BCUT2D eigenvalue weighted by atomic mass is 10.1. The van der Waals surface area contributed by atoms with Gasteiger partial charge in [-0.2, -0.15) is 0 Å². The number of rotatable bonds is 7. The number of nitrogens with one attached hydrogen (secondary N) is 1. The van der Waals surface area contributed by atoms with Crippen molar-refractivity contribution in [2.75, 3.05) is 25.6 Å². The monoisotopic (exact) mass is 316 g/mol. The molecule has 1 unspecified atom stereocenters. The third kappa shape index (κ3) is 7.08. The Morgan fingerprint density at radius 2 is 2.10 bits per heavy atom. The molecule has 0 spiro atoms. The van der Waals surface area contributed by atoms with Gasteiger partial charge >= 0.3 is 5.97 Å². The Kier molecular flexibility index (Phi) is 9.36. The summed E-state index contributed by atoms with van der Waals surface area (Å²) < 4.78 is 9.69. The average Bonchev–Trinajstić information content (AvgIpc) is 2.39. The highest BCUT2D eigenvalue weighted by atomic mass is 35.5. The molecule has 1 aromatic carbocycles. The van der Waals surface area contributed by atoms with Crippen LogP contribution in [0.4, 0.5) is 5.69 Å². The van der Waals surface area contributed by atoms with Crippen LogP contribution < -0.4 is 11.1 Å². The molecule has 0 aliphatic heterocycles. The molecule has 0 radical (unpaired) electrons. The summed E-state index contributed by atoms with van der Waals surface area (Å²) >= 11 is 0. The van der Waals surface area contributed by atoms with Gasteiger partial charge in [0.1, 0.15) is 6.04 Å². The maximum absolute atomic E-state index is 11.7. The highest BCUT2D eigenvalue weighted by molar-refractivity contribution is 5.94. The van der Waals surface area contributed by atoms with Crippen molar-refractivity contribution in [1.82, 2.24) is 0 Å². The van der Waals surface area contributed by atoms with Gasteiger partial charge in [-0.3, -0.25) is 9.59 Å². The molecule has 1 rings (SSSR count). The van der Waals surface area contributed by atoms with Crippen molar-refractivity contribution < 1.29 is 19.1 Å². The molecule has 0 fully saturated rings. The van der Waals surface area contributed by atoms with Gasteiger partial charge in [0, 0.05) is 12.8 Å². The number of hydrogen-bond donors (Lipinski definition) is 2. The molecule has 1 aromatic rings. The third-order valence-electron chi connectivity index (χ3n) is 2.53. The second kappa shape index (κ2) is 10.1. The Labute approximate surface area is 130 Å². The zero-order chi connectivity index (χ0) is 15.0. The van der Waals surface area contributed by atoms with E-state index in [-0.39, 0.29) is 37.3 Å². The normalized spacial score (nSPS) is 11.2. The molecule has 0 aromatic heterocycles. The van der Waals surface area contributed by atoms with Gasteiger partial charge in [0.15, 0.2) is 0 Å². The molecule has 6 nitrogen and oxygen atoms in total. The first-order valence-corrected chi connectivity index (χ1v) is 6.36. The quantitative estimate of drug-likeness (QED) is 0.736. The van der Waals surface area contributed by atoms with E-state index in [1.807, 2.05) is 0 Å². The fourth-order valence-electron chi connectivity index (χ4n) is 1.63. The molecule has 0 aliphatic carbocycles. The number of ether oxygens (including phenoxy) is 2. The van der Waals surface area contributed by atoms with E-state index in [2.05, 4.69) is 5.32 Å². The Hall–Kier alpha value is -1.63. The van der Waals surface area contributed by atoms with E-state index in [9.17, 15) is 9.59 Å². The molecular formula is C14H21ClN2O4. The number of carbonyl (C=O) groups excluding carboxylic acids is 2. The van der Waals surface area contributed by atoms with Crippen molar-refractivity contribution in [2.45, 2.75) is 19.4 Å². The van der Waals surface area contributed by atoms with Crippen LogP contribution in [0.5, 0.6) is 0 Å². The van der Waals surface area contributed by atoms with Gasteiger partial charge in [0.2, 0.25) is 5.91 Å².